The number of ether oxygens (including phenoxy) is 1. The van der Waals surface area contributed by atoms with Gasteiger partial charge in [-0.3, -0.25) is 43.3 Å². The second-order valence-corrected chi connectivity index (χ2v) is 11.4. The topological polar surface area (TPSA) is 203 Å². The molecule has 6 amide bonds. The molecule has 7 fully saturated rings. The molecular weight excluding hydrogens is 562 g/mol. The maximum atomic E-state index is 11.4. The Labute approximate surface area is 239 Å². The number of fused-ring (bicyclic) bond motifs is 2. The van der Waals surface area contributed by atoms with Crippen molar-refractivity contribution in [2.24, 2.45) is 23.7 Å². The van der Waals surface area contributed by atoms with Gasteiger partial charge in [0.25, 0.3) is 35.4 Å². The molecule has 42 heavy (non-hydrogen) atoms. The Kier molecular flexibility index (Phi) is 8.43. The van der Waals surface area contributed by atoms with Crippen LogP contribution in [0.2, 0.25) is 0 Å². The van der Waals surface area contributed by atoms with E-state index in [9.17, 15) is 38.4 Å². The molecule has 0 bridgehead atoms. The van der Waals surface area contributed by atoms with Gasteiger partial charge >= 0.3 is 12.3 Å². The second-order valence-electron chi connectivity index (χ2n) is 11.4. The number of aliphatic hydroxyl groups is 1. The van der Waals surface area contributed by atoms with E-state index in [0.29, 0.717) is 16.9 Å². The summed E-state index contributed by atoms with van der Waals surface area (Å²) in [7, 11) is 0. The number of hydrogen-bond donors (Lipinski definition) is 1. The van der Waals surface area contributed by atoms with E-state index in [2.05, 4.69) is 14.5 Å². The number of imide groups is 3. The molecule has 0 radical (unpaired) electrons. The van der Waals surface area contributed by atoms with Gasteiger partial charge in [0.05, 0.1) is 6.10 Å². The SMILES string of the molecule is O=C(OC1C[C@@H]2C[C@@H]2C1)ON1C(=O)CCC1=O.O=C(ON1C(=O)CCC1=O)ON1C(=O)CCC1=O.OC1C[C@@H]2C[C@@H]2C1. The Morgan fingerprint density at radius 3 is 1.12 bits per heavy atom. The third-order valence-corrected chi connectivity index (χ3v) is 8.20. The quantitative estimate of drug-likeness (QED) is 0.358. The fourth-order valence-corrected chi connectivity index (χ4v) is 5.81. The molecule has 0 aromatic carbocycles. The summed E-state index contributed by atoms with van der Waals surface area (Å²) in [5.74, 6) is -0.433. The van der Waals surface area contributed by atoms with Crippen molar-refractivity contribution >= 4 is 47.8 Å². The lowest BCUT2D eigenvalue weighted by Crippen LogP contribution is -2.37. The van der Waals surface area contributed by atoms with Gasteiger partial charge in [-0.1, -0.05) is 15.2 Å². The van der Waals surface area contributed by atoms with E-state index in [-0.39, 0.29) is 60.9 Å². The number of amides is 6. The van der Waals surface area contributed by atoms with Crippen molar-refractivity contribution in [2.45, 2.75) is 89.3 Å². The van der Waals surface area contributed by atoms with Crippen molar-refractivity contribution in [1.82, 2.24) is 15.2 Å². The highest BCUT2D eigenvalue weighted by Crippen LogP contribution is 2.52. The van der Waals surface area contributed by atoms with Crippen LogP contribution in [-0.4, -0.2) is 80.3 Å². The Balaban J connectivity index is 0.000000136. The summed E-state index contributed by atoms with van der Waals surface area (Å²) in [4.78, 5) is 103. The minimum Gasteiger partial charge on any atom is -0.429 e. The van der Waals surface area contributed by atoms with Crippen LogP contribution in [0.5, 0.6) is 0 Å². The molecule has 7 rings (SSSR count). The van der Waals surface area contributed by atoms with Crippen LogP contribution in [0.1, 0.15) is 77.0 Å². The zero-order valence-corrected chi connectivity index (χ0v) is 22.6. The van der Waals surface area contributed by atoms with Crippen LogP contribution in [0.25, 0.3) is 0 Å². The minimum atomic E-state index is -1.48. The van der Waals surface area contributed by atoms with Crippen LogP contribution >= 0.6 is 0 Å². The zero-order valence-electron chi connectivity index (χ0n) is 22.6. The maximum Gasteiger partial charge on any atom is 0.560 e. The fourth-order valence-electron chi connectivity index (χ4n) is 5.81. The molecule has 16 nitrogen and oxygen atoms in total. The van der Waals surface area contributed by atoms with Crippen LogP contribution < -0.4 is 0 Å². The lowest BCUT2D eigenvalue weighted by atomic mass is 10.2. The predicted molar refractivity (Wildman–Crippen MR) is 130 cm³/mol. The highest BCUT2D eigenvalue weighted by molar-refractivity contribution is 6.03. The van der Waals surface area contributed by atoms with Crippen molar-refractivity contribution in [3.63, 3.8) is 0 Å². The third-order valence-electron chi connectivity index (χ3n) is 8.20. The first kappa shape index (κ1) is 29.4. The zero-order chi connectivity index (χ0) is 30.1. The van der Waals surface area contributed by atoms with E-state index in [4.69, 9.17) is 9.84 Å². The lowest BCUT2D eigenvalue weighted by molar-refractivity contribution is -0.198. The maximum absolute atomic E-state index is 11.4. The Morgan fingerprint density at radius 1 is 0.500 bits per heavy atom. The minimum absolute atomic E-state index is 0.0618. The average molecular weight is 594 g/mol. The van der Waals surface area contributed by atoms with Crippen molar-refractivity contribution < 1.29 is 62.7 Å². The molecule has 0 spiro atoms. The van der Waals surface area contributed by atoms with Crippen molar-refractivity contribution in [3.8, 4) is 0 Å². The highest BCUT2D eigenvalue weighted by Gasteiger charge is 2.48. The largest absolute Gasteiger partial charge is 0.560 e. The van der Waals surface area contributed by atoms with Gasteiger partial charge in [-0.05, 0) is 62.2 Å². The first-order valence-corrected chi connectivity index (χ1v) is 14.0. The molecular formula is C26H31N3O13. The Bertz CT molecular complexity index is 1100. The molecule has 6 atom stereocenters. The van der Waals surface area contributed by atoms with Crippen LogP contribution in [-0.2, 0) is 48.0 Å². The molecule has 7 aliphatic rings. The van der Waals surface area contributed by atoms with Crippen LogP contribution in [0.15, 0.2) is 0 Å². The van der Waals surface area contributed by atoms with Crippen molar-refractivity contribution in [2.75, 3.05) is 0 Å². The molecule has 3 heterocycles. The number of hydrogen-bond acceptors (Lipinski definition) is 13. The van der Waals surface area contributed by atoms with Gasteiger partial charge in [0.1, 0.15) is 6.10 Å². The third kappa shape index (κ3) is 7.03. The molecule has 4 saturated carbocycles. The lowest BCUT2D eigenvalue weighted by Gasteiger charge is -2.16. The molecule has 0 aromatic heterocycles. The van der Waals surface area contributed by atoms with E-state index in [0.717, 1.165) is 37.5 Å². The first-order chi connectivity index (χ1) is 20.0. The molecule has 1 N–H and O–H groups in total. The summed E-state index contributed by atoms with van der Waals surface area (Å²) >= 11 is 0. The van der Waals surface area contributed by atoms with Crippen LogP contribution in [0.3, 0.4) is 0 Å². The van der Waals surface area contributed by atoms with Crippen molar-refractivity contribution in [3.05, 3.63) is 0 Å². The number of aliphatic hydroxyl groups excluding tert-OH is 1. The summed E-state index contributed by atoms with van der Waals surface area (Å²) in [5.41, 5.74) is 0. The van der Waals surface area contributed by atoms with Crippen molar-refractivity contribution in [1.29, 1.82) is 0 Å². The van der Waals surface area contributed by atoms with E-state index < -0.39 is 47.8 Å². The normalized spacial score (nSPS) is 32.1. The van der Waals surface area contributed by atoms with Gasteiger partial charge in [-0.2, -0.15) is 4.79 Å². The standard InChI is InChI=1S/C11H13NO5.C9H8N2O7.C6H10O/c13-9-1-2-10(14)12(9)17-11(15)16-8-4-6-3-7(6)5-8;12-5-1-2-6(13)10(5)17-9(16)18-11-7(14)3-4-8(11)15;7-6-2-4-1-5(4)3-6/h6-8H,1-5H2;1-4H2;4-7H,1-3H2/t6-,7+,8?;;4-,5+,6?. The fraction of sp³-hybridized carbons (Fsp3) is 0.692. The highest BCUT2D eigenvalue weighted by atomic mass is 16.9. The second kappa shape index (κ2) is 12.0. The summed E-state index contributed by atoms with van der Waals surface area (Å²) in [6, 6.07) is 0. The summed E-state index contributed by atoms with van der Waals surface area (Å²) in [6.45, 7) is 0. The van der Waals surface area contributed by atoms with Gasteiger partial charge in [0.15, 0.2) is 0 Å². The number of hydroxylamine groups is 6. The molecule has 3 aliphatic heterocycles. The smallest absolute Gasteiger partial charge is 0.429 e. The Morgan fingerprint density at radius 2 is 0.810 bits per heavy atom. The number of carbonyl (C=O) groups excluding carboxylic acids is 8. The number of carbonyl (C=O) groups is 8. The van der Waals surface area contributed by atoms with Crippen LogP contribution in [0, 0.1) is 23.7 Å². The molecule has 16 heteroatoms. The van der Waals surface area contributed by atoms with Gasteiger partial charge in [-0.25, -0.2) is 4.79 Å². The predicted octanol–water partition coefficient (Wildman–Crippen LogP) is 1.05. The van der Waals surface area contributed by atoms with Gasteiger partial charge < -0.3 is 9.84 Å². The van der Waals surface area contributed by atoms with Crippen LogP contribution in [0.4, 0.5) is 9.59 Å². The average Bonchev–Trinajstić information content (AvgIpc) is 3.57. The molecule has 4 aliphatic carbocycles. The summed E-state index contributed by atoms with van der Waals surface area (Å²) in [6.07, 6.45) is 4.08. The summed E-state index contributed by atoms with van der Waals surface area (Å²) < 4.78 is 5.06. The van der Waals surface area contributed by atoms with Gasteiger partial charge in [0.2, 0.25) is 0 Å². The monoisotopic (exact) mass is 593 g/mol. The molecule has 0 aromatic rings. The van der Waals surface area contributed by atoms with Gasteiger partial charge in [-0.15, -0.1) is 0 Å². The molecule has 228 valence electrons. The number of rotatable bonds is 4. The molecule has 3 saturated heterocycles. The Hall–Kier alpha value is -4.08. The van der Waals surface area contributed by atoms with E-state index in [1.54, 1.807) is 0 Å². The first-order valence-electron chi connectivity index (χ1n) is 14.0. The number of nitrogens with zero attached hydrogens (tertiary/aromatic N) is 3. The summed E-state index contributed by atoms with van der Waals surface area (Å²) in [5, 5.41) is 9.96. The molecule has 2 unspecified atom stereocenters. The van der Waals surface area contributed by atoms with Gasteiger partial charge in [0, 0.05) is 38.5 Å². The van der Waals surface area contributed by atoms with E-state index in [1.165, 1.54) is 12.8 Å². The van der Waals surface area contributed by atoms with E-state index >= 15 is 0 Å². The van der Waals surface area contributed by atoms with E-state index in [1.807, 2.05) is 0 Å².